The molecule has 3 atom stereocenters. The van der Waals surface area contributed by atoms with E-state index in [2.05, 4.69) is 32.0 Å². The fourth-order valence-corrected chi connectivity index (χ4v) is 4.79. The van der Waals surface area contributed by atoms with Crippen LogP contribution in [0.1, 0.15) is 43.4 Å². The van der Waals surface area contributed by atoms with Crippen molar-refractivity contribution < 1.29 is 9.84 Å². The summed E-state index contributed by atoms with van der Waals surface area (Å²) in [5, 5.41) is 13.3. The molecule has 2 aromatic carbocycles. The van der Waals surface area contributed by atoms with Gasteiger partial charge in [-0.3, -0.25) is 4.99 Å². The molecule has 128 valence electrons. The highest BCUT2D eigenvalue weighted by Gasteiger charge is 2.69. The predicted octanol–water partition coefficient (Wildman–Crippen LogP) is 2.97. The highest BCUT2D eigenvalue weighted by Crippen LogP contribution is 2.61. The Hall–Kier alpha value is -2.17. The van der Waals surface area contributed by atoms with Crippen molar-refractivity contribution in [3.8, 4) is 0 Å². The molecule has 25 heavy (non-hydrogen) atoms. The van der Waals surface area contributed by atoms with Gasteiger partial charge >= 0.3 is 0 Å². The standard InChI is InChI=1S/C21H22N2O2/c1-10-17-15-13(20(2,3)18(10)22)9-11-7-5-6-8-12(11)14(15)16-19(23-17)21(16,24)25-4/h5-9,16,19,24H,22H2,1-4H3. The molecule has 0 radical (unpaired) electrons. The van der Waals surface area contributed by atoms with Gasteiger partial charge in [0.05, 0.1) is 11.6 Å². The summed E-state index contributed by atoms with van der Waals surface area (Å²) in [4.78, 5) is 4.86. The lowest BCUT2D eigenvalue weighted by molar-refractivity contribution is -0.109. The summed E-state index contributed by atoms with van der Waals surface area (Å²) in [5.74, 6) is -1.34. The number of aliphatic imine (C=N–C) groups is 1. The minimum atomic E-state index is -1.22. The fraction of sp³-hybridized carbons (Fsp3) is 0.381. The van der Waals surface area contributed by atoms with Gasteiger partial charge < -0.3 is 15.6 Å². The molecule has 4 heteroatoms. The van der Waals surface area contributed by atoms with Crippen molar-refractivity contribution in [1.29, 1.82) is 0 Å². The number of rotatable bonds is 1. The Bertz CT molecular complexity index is 1020. The van der Waals surface area contributed by atoms with Gasteiger partial charge in [0.15, 0.2) is 5.79 Å². The summed E-state index contributed by atoms with van der Waals surface area (Å²) in [5.41, 5.74) is 12.5. The lowest BCUT2D eigenvalue weighted by Crippen LogP contribution is -2.36. The zero-order valence-corrected chi connectivity index (χ0v) is 14.9. The van der Waals surface area contributed by atoms with E-state index >= 15 is 0 Å². The summed E-state index contributed by atoms with van der Waals surface area (Å²) >= 11 is 0. The molecule has 5 rings (SSSR count). The van der Waals surface area contributed by atoms with Crippen molar-refractivity contribution in [2.45, 2.75) is 43.9 Å². The average molecular weight is 334 g/mol. The highest BCUT2D eigenvalue weighted by molar-refractivity contribution is 6.19. The van der Waals surface area contributed by atoms with Gasteiger partial charge in [-0.15, -0.1) is 0 Å². The van der Waals surface area contributed by atoms with Crippen LogP contribution in [-0.2, 0) is 10.2 Å². The first kappa shape index (κ1) is 15.1. The lowest BCUT2D eigenvalue weighted by atomic mass is 9.68. The number of hydrogen-bond donors (Lipinski definition) is 2. The molecule has 0 saturated heterocycles. The van der Waals surface area contributed by atoms with Gasteiger partial charge in [0.2, 0.25) is 0 Å². The van der Waals surface area contributed by atoms with E-state index in [-0.39, 0.29) is 17.4 Å². The van der Waals surface area contributed by atoms with E-state index in [4.69, 9.17) is 15.5 Å². The monoisotopic (exact) mass is 334 g/mol. The largest absolute Gasteiger partial charge is 0.401 e. The molecule has 1 heterocycles. The van der Waals surface area contributed by atoms with E-state index in [1.807, 2.05) is 19.1 Å². The molecule has 1 fully saturated rings. The van der Waals surface area contributed by atoms with Crippen LogP contribution in [0, 0.1) is 0 Å². The molecule has 4 nitrogen and oxygen atoms in total. The van der Waals surface area contributed by atoms with E-state index in [1.165, 1.54) is 16.3 Å². The van der Waals surface area contributed by atoms with Crippen molar-refractivity contribution in [3.63, 3.8) is 0 Å². The molecular formula is C21H22N2O2. The van der Waals surface area contributed by atoms with Gasteiger partial charge in [-0.1, -0.05) is 38.1 Å². The maximum atomic E-state index is 10.9. The molecule has 0 bridgehead atoms. The Balaban J connectivity index is 1.97. The summed E-state index contributed by atoms with van der Waals surface area (Å²) in [6.07, 6.45) is 0. The van der Waals surface area contributed by atoms with Crippen LogP contribution in [0.25, 0.3) is 10.8 Å². The maximum Gasteiger partial charge on any atom is 0.198 e. The third kappa shape index (κ3) is 1.57. The van der Waals surface area contributed by atoms with Crippen LogP contribution in [0.4, 0.5) is 0 Å². The quantitative estimate of drug-likeness (QED) is 0.788. The van der Waals surface area contributed by atoms with E-state index in [1.54, 1.807) is 7.11 Å². The smallest absolute Gasteiger partial charge is 0.198 e. The topological polar surface area (TPSA) is 67.8 Å². The third-order valence-corrected chi connectivity index (χ3v) is 6.41. The van der Waals surface area contributed by atoms with Gasteiger partial charge in [0, 0.05) is 23.8 Å². The lowest BCUT2D eigenvalue weighted by Gasteiger charge is -2.38. The van der Waals surface area contributed by atoms with E-state index in [0.29, 0.717) is 0 Å². The van der Waals surface area contributed by atoms with Crippen molar-refractivity contribution in [2.75, 3.05) is 7.11 Å². The number of aliphatic hydroxyl groups is 1. The molecule has 1 saturated carbocycles. The van der Waals surface area contributed by atoms with Crippen molar-refractivity contribution in [3.05, 3.63) is 58.3 Å². The van der Waals surface area contributed by atoms with Gasteiger partial charge in [0.1, 0.15) is 6.04 Å². The normalized spacial score (nSPS) is 31.5. The van der Waals surface area contributed by atoms with E-state index in [0.717, 1.165) is 28.1 Å². The molecule has 3 aliphatic rings. The second-order valence-electron chi connectivity index (χ2n) is 7.95. The summed E-state index contributed by atoms with van der Waals surface area (Å²) in [7, 11) is 1.56. The van der Waals surface area contributed by atoms with Crippen molar-refractivity contribution >= 4 is 16.5 Å². The van der Waals surface area contributed by atoms with Crippen molar-refractivity contribution in [1.82, 2.24) is 0 Å². The van der Waals surface area contributed by atoms with Crippen LogP contribution < -0.4 is 5.73 Å². The molecule has 2 aliphatic carbocycles. The Morgan fingerprint density at radius 2 is 1.96 bits per heavy atom. The SMILES string of the molecule is COC1(O)C2N=C3C(C)=C(N)C(C)(C)c4cc5ccccc5c(c43)C21. The Morgan fingerprint density at radius 1 is 1.24 bits per heavy atom. The van der Waals surface area contributed by atoms with E-state index in [9.17, 15) is 5.11 Å². The Morgan fingerprint density at radius 3 is 2.68 bits per heavy atom. The van der Waals surface area contributed by atoms with Crippen molar-refractivity contribution in [2.24, 2.45) is 10.7 Å². The number of nitrogens with two attached hydrogens (primary N) is 1. The molecule has 1 aliphatic heterocycles. The fourth-order valence-electron chi connectivity index (χ4n) is 4.79. The molecule has 2 aromatic rings. The first-order chi connectivity index (χ1) is 11.8. The zero-order chi connectivity index (χ0) is 17.7. The number of nitrogens with zero attached hydrogens (tertiary/aromatic N) is 1. The maximum absolute atomic E-state index is 10.9. The number of allylic oxidation sites excluding steroid dienone is 2. The predicted molar refractivity (Wildman–Crippen MR) is 98.9 cm³/mol. The molecule has 3 N–H and O–H groups in total. The Kier molecular flexibility index (Phi) is 2.61. The molecule has 0 spiro atoms. The molecule has 3 unspecified atom stereocenters. The summed E-state index contributed by atoms with van der Waals surface area (Å²) < 4.78 is 5.47. The first-order valence-corrected chi connectivity index (χ1v) is 8.71. The van der Waals surface area contributed by atoms with Crippen LogP contribution in [0.5, 0.6) is 0 Å². The third-order valence-electron chi connectivity index (χ3n) is 6.41. The van der Waals surface area contributed by atoms with Gasteiger partial charge in [-0.2, -0.15) is 0 Å². The van der Waals surface area contributed by atoms with Gasteiger partial charge in [-0.05, 0) is 40.5 Å². The van der Waals surface area contributed by atoms with Gasteiger partial charge in [-0.25, -0.2) is 0 Å². The van der Waals surface area contributed by atoms with Crippen LogP contribution in [-0.4, -0.2) is 29.8 Å². The number of hydrogen-bond acceptors (Lipinski definition) is 4. The highest BCUT2D eigenvalue weighted by atomic mass is 16.6. The second-order valence-corrected chi connectivity index (χ2v) is 7.95. The van der Waals surface area contributed by atoms with Crippen LogP contribution in [0.3, 0.4) is 0 Å². The first-order valence-electron chi connectivity index (χ1n) is 8.71. The minimum absolute atomic E-state index is 0.121. The Labute approximate surface area is 147 Å². The molecule has 0 amide bonds. The molecular weight excluding hydrogens is 312 g/mol. The minimum Gasteiger partial charge on any atom is -0.401 e. The number of ether oxygens (including phenoxy) is 1. The van der Waals surface area contributed by atoms with Gasteiger partial charge in [0.25, 0.3) is 0 Å². The number of methoxy groups -OCH3 is 1. The van der Waals surface area contributed by atoms with Crippen LogP contribution >= 0.6 is 0 Å². The number of benzene rings is 2. The zero-order valence-electron chi connectivity index (χ0n) is 14.9. The molecule has 0 aromatic heterocycles. The van der Waals surface area contributed by atoms with Crippen LogP contribution in [0.2, 0.25) is 0 Å². The number of fused-ring (bicyclic) bond motifs is 4. The van der Waals surface area contributed by atoms with Crippen LogP contribution in [0.15, 0.2) is 46.6 Å². The van der Waals surface area contributed by atoms with E-state index < -0.39 is 5.79 Å². The second kappa shape index (κ2) is 4.32. The average Bonchev–Trinajstić information content (AvgIpc) is 3.22. The summed E-state index contributed by atoms with van der Waals surface area (Å²) in [6.45, 7) is 6.36. The summed E-state index contributed by atoms with van der Waals surface area (Å²) in [6, 6.07) is 10.3.